The highest BCUT2D eigenvalue weighted by atomic mass is 16.5. The predicted molar refractivity (Wildman–Crippen MR) is 95.1 cm³/mol. The number of carbonyl (C=O) groups is 2. The molecule has 136 valence electrons. The number of morpholine rings is 1. The number of hydrogen-bond donors (Lipinski definition) is 1. The molecule has 7 heteroatoms. The summed E-state index contributed by atoms with van der Waals surface area (Å²) in [5, 5.41) is 2.85. The first-order chi connectivity index (χ1) is 12.7. The summed E-state index contributed by atoms with van der Waals surface area (Å²) in [6.45, 7) is 2.50. The van der Waals surface area contributed by atoms with Gasteiger partial charge in [-0.3, -0.25) is 14.6 Å². The van der Waals surface area contributed by atoms with Crippen molar-refractivity contribution in [2.75, 3.05) is 33.4 Å². The van der Waals surface area contributed by atoms with E-state index in [9.17, 15) is 9.59 Å². The number of methoxy groups -OCH3 is 1. The minimum Gasteiger partial charge on any atom is -0.497 e. The monoisotopic (exact) mass is 355 g/mol. The van der Waals surface area contributed by atoms with E-state index >= 15 is 0 Å². The molecule has 1 aromatic heterocycles. The van der Waals surface area contributed by atoms with Gasteiger partial charge >= 0.3 is 0 Å². The molecule has 3 rings (SSSR count). The average molecular weight is 355 g/mol. The van der Waals surface area contributed by atoms with E-state index in [4.69, 9.17) is 9.47 Å². The standard InChI is InChI=1S/C19H21N3O4/c1-25-16-4-2-14(3-5-16)13-21-18(23)15-6-7-20-17(12-15)19(24)22-8-10-26-11-9-22/h2-7,12H,8-11,13H2,1H3,(H,21,23). The third kappa shape index (κ3) is 4.37. The lowest BCUT2D eigenvalue weighted by Gasteiger charge is -2.26. The van der Waals surface area contributed by atoms with Gasteiger partial charge in [-0.15, -0.1) is 0 Å². The number of rotatable bonds is 5. The lowest BCUT2D eigenvalue weighted by atomic mass is 10.1. The van der Waals surface area contributed by atoms with Gasteiger partial charge in [0, 0.05) is 31.4 Å². The topological polar surface area (TPSA) is 80.8 Å². The van der Waals surface area contributed by atoms with Crippen LogP contribution < -0.4 is 10.1 Å². The Morgan fingerprint density at radius 2 is 1.92 bits per heavy atom. The zero-order chi connectivity index (χ0) is 18.4. The summed E-state index contributed by atoms with van der Waals surface area (Å²) in [7, 11) is 1.61. The molecule has 2 aromatic rings. The van der Waals surface area contributed by atoms with E-state index in [2.05, 4.69) is 10.3 Å². The summed E-state index contributed by atoms with van der Waals surface area (Å²) < 4.78 is 10.4. The van der Waals surface area contributed by atoms with Gasteiger partial charge in [-0.2, -0.15) is 0 Å². The molecule has 2 heterocycles. The Labute approximate surface area is 151 Å². The van der Waals surface area contributed by atoms with Crippen LogP contribution in [-0.4, -0.2) is 55.1 Å². The first-order valence-corrected chi connectivity index (χ1v) is 8.41. The van der Waals surface area contributed by atoms with Crippen LogP contribution >= 0.6 is 0 Å². The Morgan fingerprint density at radius 3 is 2.62 bits per heavy atom. The van der Waals surface area contributed by atoms with Crippen LogP contribution in [0.4, 0.5) is 0 Å². The number of hydrogen-bond acceptors (Lipinski definition) is 5. The zero-order valence-corrected chi connectivity index (χ0v) is 14.6. The summed E-state index contributed by atoms with van der Waals surface area (Å²) in [5.41, 5.74) is 1.63. The molecule has 0 spiro atoms. The first-order valence-electron chi connectivity index (χ1n) is 8.41. The molecule has 7 nitrogen and oxygen atoms in total. The number of nitrogens with one attached hydrogen (secondary N) is 1. The van der Waals surface area contributed by atoms with Gasteiger partial charge in [0.15, 0.2) is 0 Å². The van der Waals surface area contributed by atoms with Gasteiger partial charge in [-0.25, -0.2) is 0 Å². The highest BCUT2D eigenvalue weighted by molar-refractivity contribution is 5.98. The van der Waals surface area contributed by atoms with Crippen LogP contribution in [0.2, 0.25) is 0 Å². The van der Waals surface area contributed by atoms with Crippen molar-refractivity contribution in [3.05, 3.63) is 59.4 Å². The average Bonchev–Trinajstić information content (AvgIpc) is 2.72. The number of ether oxygens (including phenoxy) is 2. The fourth-order valence-electron chi connectivity index (χ4n) is 2.64. The Bertz CT molecular complexity index is 771. The maximum atomic E-state index is 12.5. The molecule has 0 radical (unpaired) electrons. The molecule has 1 N–H and O–H groups in total. The van der Waals surface area contributed by atoms with Crippen molar-refractivity contribution in [2.45, 2.75) is 6.54 Å². The van der Waals surface area contributed by atoms with Crippen LogP contribution in [0.15, 0.2) is 42.6 Å². The van der Waals surface area contributed by atoms with Crippen molar-refractivity contribution in [3.8, 4) is 5.75 Å². The van der Waals surface area contributed by atoms with Crippen molar-refractivity contribution in [2.24, 2.45) is 0 Å². The fourth-order valence-corrected chi connectivity index (χ4v) is 2.64. The number of amides is 2. The molecule has 0 atom stereocenters. The van der Waals surface area contributed by atoms with Gasteiger partial charge in [0.1, 0.15) is 11.4 Å². The van der Waals surface area contributed by atoms with Crippen LogP contribution in [0.3, 0.4) is 0 Å². The maximum absolute atomic E-state index is 12.5. The van der Waals surface area contributed by atoms with Crippen molar-refractivity contribution in [1.29, 1.82) is 0 Å². The summed E-state index contributed by atoms with van der Waals surface area (Å²) in [5.74, 6) is 0.331. The minimum absolute atomic E-state index is 0.182. The molecule has 1 aromatic carbocycles. The van der Waals surface area contributed by atoms with E-state index in [0.29, 0.717) is 38.4 Å². The Hall–Kier alpha value is -2.93. The predicted octanol–water partition coefficient (Wildman–Crippen LogP) is 1.49. The molecule has 2 amide bonds. The Morgan fingerprint density at radius 1 is 1.19 bits per heavy atom. The highest BCUT2D eigenvalue weighted by Crippen LogP contribution is 2.12. The molecule has 0 bridgehead atoms. The van der Waals surface area contributed by atoms with Crippen LogP contribution in [-0.2, 0) is 11.3 Å². The van der Waals surface area contributed by atoms with Crippen LogP contribution in [0.1, 0.15) is 26.4 Å². The summed E-state index contributed by atoms with van der Waals surface area (Å²) in [4.78, 5) is 30.7. The lowest BCUT2D eigenvalue weighted by Crippen LogP contribution is -2.41. The van der Waals surface area contributed by atoms with Crippen LogP contribution in [0.25, 0.3) is 0 Å². The van der Waals surface area contributed by atoms with Crippen molar-refractivity contribution in [3.63, 3.8) is 0 Å². The molecule has 1 saturated heterocycles. The van der Waals surface area contributed by atoms with E-state index in [1.54, 1.807) is 18.1 Å². The van der Waals surface area contributed by atoms with E-state index in [0.717, 1.165) is 11.3 Å². The van der Waals surface area contributed by atoms with Gasteiger partial charge in [0.05, 0.1) is 20.3 Å². The van der Waals surface area contributed by atoms with E-state index in [1.807, 2.05) is 24.3 Å². The quantitative estimate of drug-likeness (QED) is 0.879. The van der Waals surface area contributed by atoms with E-state index in [-0.39, 0.29) is 17.5 Å². The molecular weight excluding hydrogens is 334 g/mol. The normalized spacial score (nSPS) is 14.0. The molecule has 1 aliphatic rings. The SMILES string of the molecule is COc1ccc(CNC(=O)c2ccnc(C(=O)N3CCOCC3)c2)cc1. The van der Waals surface area contributed by atoms with Crippen molar-refractivity contribution in [1.82, 2.24) is 15.2 Å². The smallest absolute Gasteiger partial charge is 0.272 e. The summed E-state index contributed by atoms with van der Waals surface area (Å²) in [6, 6.07) is 10.6. The van der Waals surface area contributed by atoms with E-state index in [1.165, 1.54) is 12.3 Å². The number of pyridine rings is 1. The third-order valence-corrected chi connectivity index (χ3v) is 4.15. The molecule has 1 fully saturated rings. The first kappa shape index (κ1) is 17.9. The number of nitrogens with zero attached hydrogens (tertiary/aromatic N) is 2. The Kier molecular flexibility index (Phi) is 5.80. The largest absolute Gasteiger partial charge is 0.497 e. The Balaban J connectivity index is 1.62. The molecule has 0 unspecified atom stereocenters. The summed E-state index contributed by atoms with van der Waals surface area (Å²) >= 11 is 0. The van der Waals surface area contributed by atoms with Gasteiger partial charge in [0.2, 0.25) is 0 Å². The number of aromatic nitrogens is 1. The van der Waals surface area contributed by atoms with Gasteiger partial charge in [0.25, 0.3) is 11.8 Å². The number of benzene rings is 1. The van der Waals surface area contributed by atoms with Gasteiger partial charge in [-0.1, -0.05) is 12.1 Å². The van der Waals surface area contributed by atoms with Crippen molar-refractivity contribution >= 4 is 11.8 Å². The van der Waals surface area contributed by atoms with Crippen LogP contribution in [0.5, 0.6) is 5.75 Å². The second-order valence-corrected chi connectivity index (χ2v) is 5.87. The molecule has 0 aliphatic carbocycles. The van der Waals surface area contributed by atoms with Gasteiger partial charge in [-0.05, 0) is 29.8 Å². The second-order valence-electron chi connectivity index (χ2n) is 5.87. The molecule has 0 saturated carbocycles. The van der Waals surface area contributed by atoms with Crippen molar-refractivity contribution < 1.29 is 19.1 Å². The molecule has 26 heavy (non-hydrogen) atoms. The fraction of sp³-hybridized carbons (Fsp3) is 0.316. The summed E-state index contributed by atoms with van der Waals surface area (Å²) in [6.07, 6.45) is 1.48. The highest BCUT2D eigenvalue weighted by Gasteiger charge is 2.20. The van der Waals surface area contributed by atoms with Gasteiger partial charge < -0.3 is 19.7 Å². The lowest BCUT2D eigenvalue weighted by molar-refractivity contribution is 0.0299. The van der Waals surface area contributed by atoms with E-state index < -0.39 is 0 Å². The van der Waals surface area contributed by atoms with Crippen LogP contribution in [0, 0.1) is 0 Å². The zero-order valence-electron chi connectivity index (χ0n) is 14.6. The molecular formula is C19H21N3O4. The number of carbonyl (C=O) groups excluding carboxylic acids is 2. The molecule has 1 aliphatic heterocycles. The third-order valence-electron chi connectivity index (χ3n) is 4.15. The maximum Gasteiger partial charge on any atom is 0.272 e. The second kappa shape index (κ2) is 8.44. The minimum atomic E-state index is -0.251.